The van der Waals surface area contributed by atoms with E-state index in [9.17, 15) is 27.5 Å². The van der Waals surface area contributed by atoms with Crippen LogP contribution in [0.15, 0.2) is 48.7 Å². The summed E-state index contributed by atoms with van der Waals surface area (Å²) in [6.45, 7) is 0.842. The minimum Gasteiger partial charge on any atom is -0.378 e. The van der Waals surface area contributed by atoms with Crippen molar-refractivity contribution in [2.24, 2.45) is 0 Å². The van der Waals surface area contributed by atoms with Gasteiger partial charge < -0.3 is 15.0 Å². The van der Waals surface area contributed by atoms with E-state index in [1.54, 1.807) is 12.1 Å². The Kier molecular flexibility index (Phi) is 5.07. The van der Waals surface area contributed by atoms with Crippen LogP contribution in [0.2, 0.25) is 0 Å². The van der Waals surface area contributed by atoms with Gasteiger partial charge in [0.15, 0.2) is 5.60 Å². The molecule has 0 unspecified atom stereocenters. The van der Waals surface area contributed by atoms with Crippen LogP contribution in [0.4, 0.5) is 23.2 Å². The van der Waals surface area contributed by atoms with Gasteiger partial charge in [0.1, 0.15) is 5.82 Å². The molecule has 0 saturated carbocycles. The molecule has 3 rings (SSSR count). The maximum atomic E-state index is 14.1. The standard InChI is InChI=1S/C20H15F4N3O2/c1-19(29,11-27-8-7-12-3-2-4-16(21)17(12)27)18(28)26-14-6-5-13(10-25)15(9-14)20(22,23)24/h2-9,29H,11H2,1H3,(H,26,28)/t19-/m0/s1. The van der Waals surface area contributed by atoms with E-state index in [1.807, 2.05) is 0 Å². The molecule has 0 radical (unpaired) electrons. The maximum absolute atomic E-state index is 14.1. The maximum Gasteiger partial charge on any atom is 0.417 e. The number of nitrogens with one attached hydrogen (secondary N) is 1. The van der Waals surface area contributed by atoms with Gasteiger partial charge >= 0.3 is 6.18 Å². The number of aromatic nitrogens is 1. The van der Waals surface area contributed by atoms with Crippen molar-refractivity contribution in [1.29, 1.82) is 5.26 Å². The number of hydrogen-bond acceptors (Lipinski definition) is 3. The van der Waals surface area contributed by atoms with E-state index < -0.39 is 34.6 Å². The van der Waals surface area contributed by atoms with Gasteiger partial charge in [0.2, 0.25) is 0 Å². The number of anilines is 1. The molecule has 1 amide bonds. The minimum atomic E-state index is -4.78. The summed E-state index contributed by atoms with van der Waals surface area (Å²) < 4.78 is 54.7. The molecule has 3 aromatic rings. The molecule has 1 atom stereocenters. The molecule has 5 nitrogen and oxygen atoms in total. The molecule has 150 valence electrons. The Balaban J connectivity index is 1.85. The molecule has 1 heterocycles. The highest BCUT2D eigenvalue weighted by molar-refractivity contribution is 5.97. The average Bonchev–Trinajstić information content (AvgIpc) is 3.04. The number of carbonyl (C=O) groups excluding carboxylic acids is 1. The quantitative estimate of drug-likeness (QED) is 0.643. The highest BCUT2D eigenvalue weighted by Gasteiger charge is 2.35. The fraction of sp³-hybridized carbons (Fsp3) is 0.200. The zero-order valence-electron chi connectivity index (χ0n) is 15.1. The number of benzene rings is 2. The molecule has 0 aliphatic carbocycles. The molecule has 9 heteroatoms. The lowest BCUT2D eigenvalue weighted by Crippen LogP contribution is -2.43. The SMILES string of the molecule is C[C@](O)(Cn1ccc2cccc(F)c21)C(=O)Nc1ccc(C#N)c(C(F)(F)F)c1. The largest absolute Gasteiger partial charge is 0.417 e. The lowest BCUT2D eigenvalue weighted by atomic mass is 10.0. The lowest BCUT2D eigenvalue weighted by molar-refractivity contribution is -0.138. The smallest absolute Gasteiger partial charge is 0.378 e. The number of fused-ring (bicyclic) bond motifs is 1. The highest BCUT2D eigenvalue weighted by atomic mass is 19.4. The predicted octanol–water partition coefficient (Wildman–Crippen LogP) is 4.06. The number of nitrogens with zero attached hydrogens (tertiary/aromatic N) is 2. The number of halogens is 4. The Morgan fingerprint density at radius 3 is 2.62 bits per heavy atom. The third-order valence-corrected chi connectivity index (χ3v) is 4.41. The van der Waals surface area contributed by atoms with Crippen LogP contribution in [0.5, 0.6) is 0 Å². The number of hydrogen-bond donors (Lipinski definition) is 2. The van der Waals surface area contributed by atoms with E-state index >= 15 is 0 Å². The summed E-state index contributed by atoms with van der Waals surface area (Å²) in [6.07, 6.45) is -3.28. The molecule has 0 aliphatic rings. The Hall–Kier alpha value is -3.38. The van der Waals surface area contributed by atoms with E-state index in [0.29, 0.717) is 11.5 Å². The van der Waals surface area contributed by atoms with Crippen LogP contribution in [0, 0.1) is 17.1 Å². The Labute approximate surface area is 162 Å². The second-order valence-electron chi connectivity index (χ2n) is 6.72. The topological polar surface area (TPSA) is 78.1 Å². The van der Waals surface area contributed by atoms with Gasteiger partial charge in [0.05, 0.1) is 29.3 Å². The summed E-state index contributed by atoms with van der Waals surface area (Å²) in [5, 5.41) is 22.2. The summed E-state index contributed by atoms with van der Waals surface area (Å²) in [7, 11) is 0. The average molecular weight is 405 g/mol. The molecule has 2 aromatic carbocycles. The summed E-state index contributed by atoms with van der Waals surface area (Å²) in [5.41, 5.74) is -3.88. The van der Waals surface area contributed by atoms with Gasteiger partial charge in [-0.3, -0.25) is 4.79 Å². The van der Waals surface area contributed by atoms with Gasteiger partial charge in [0.25, 0.3) is 5.91 Å². The second kappa shape index (κ2) is 7.22. The zero-order chi connectivity index (χ0) is 21.4. The van der Waals surface area contributed by atoms with Crippen molar-refractivity contribution in [3.63, 3.8) is 0 Å². The monoisotopic (exact) mass is 405 g/mol. The number of nitriles is 1. The van der Waals surface area contributed by atoms with Crippen molar-refractivity contribution in [3.05, 3.63) is 65.6 Å². The van der Waals surface area contributed by atoms with Gasteiger partial charge in [-0.2, -0.15) is 18.4 Å². The molecular weight excluding hydrogens is 390 g/mol. The van der Waals surface area contributed by atoms with Crippen LogP contribution in [0.3, 0.4) is 0 Å². The second-order valence-corrected chi connectivity index (χ2v) is 6.72. The Morgan fingerprint density at radius 2 is 1.97 bits per heavy atom. The number of carbonyl (C=O) groups is 1. The molecule has 0 saturated heterocycles. The normalized spacial score (nSPS) is 13.7. The molecule has 1 aromatic heterocycles. The van der Waals surface area contributed by atoms with E-state index in [4.69, 9.17) is 5.26 Å². The molecule has 0 fully saturated rings. The van der Waals surface area contributed by atoms with Gasteiger partial charge in [-0.15, -0.1) is 0 Å². The molecular formula is C20H15F4N3O2. The third-order valence-electron chi connectivity index (χ3n) is 4.41. The Morgan fingerprint density at radius 1 is 1.24 bits per heavy atom. The molecule has 0 bridgehead atoms. The van der Waals surface area contributed by atoms with E-state index in [2.05, 4.69) is 5.32 Å². The first-order chi connectivity index (χ1) is 13.5. The number of aliphatic hydroxyl groups is 1. The summed E-state index contributed by atoms with van der Waals surface area (Å²) in [5.74, 6) is -1.51. The molecule has 2 N–H and O–H groups in total. The first-order valence-corrected chi connectivity index (χ1v) is 8.41. The minimum absolute atomic E-state index is 0.193. The van der Waals surface area contributed by atoms with Crippen LogP contribution >= 0.6 is 0 Å². The van der Waals surface area contributed by atoms with Crippen molar-refractivity contribution < 1.29 is 27.5 Å². The highest BCUT2D eigenvalue weighted by Crippen LogP contribution is 2.33. The number of rotatable bonds is 4. The van der Waals surface area contributed by atoms with Crippen molar-refractivity contribution in [1.82, 2.24) is 4.57 Å². The predicted molar refractivity (Wildman–Crippen MR) is 97.3 cm³/mol. The van der Waals surface area contributed by atoms with Gasteiger partial charge in [-0.25, -0.2) is 4.39 Å². The van der Waals surface area contributed by atoms with Crippen LogP contribution in [0.25, 0.3) is 10.9 Å². The van der Waals surface area contributed by atoms with Crippen molar-refractivity contribution in [2.45, 2.75) is 25.2 Å². The first kappa shape index (κ1) is 20.4. The fourth-order valence-electron chi connectivity index (χ4n) is 2.97. The van der Waals surface area contributed by atoms with Crippen LogP contribution in [0.1, 0.15) is 18.1 Å². The number of alkyl halides is 3. The van der Waals surface area contributed by atoms with Gasteiger partial charge in [0, 0.05) is 17.3 Å². The van der Waals surface area contributed by atoms with E-state index in [-0.39, 0.29) is 17.7 Å². The summed E-state index contributed by atoms with van der Waals surface area (Å²) in [6, 6.07) is 10.2. The van der Waals surface area contributed by atoms with Crippen molar-refractivity contribution >= 4 is 22.5 Å². The fourth-order valence-corrected chi connectivity index (χ4v) is 2.97. The molecule has 0 aliphatic heterocycles. The lowest BCUT2D eigenvalue weighted by Gasteiger charge is -2.24. The van der Waals surface area contributed by atoms with Crippen LogP contribution in [-0.2, 0) is 17.5 Å². The molecule has 29 heavy (non-hydrogen) atoms. The molecule has 0 spiro atoms. The van der Waals surface area contributed by atoms with E-state index in [1.165, 1.54) is 35.9 Å². The van der Waals surface area contributed by atoms with Crippen molar-refractivity contribution in [2.75, 3.05) is 5.32 Å². The van der Waals surface area contributed by atoms with Gasteiger partial charge in [-0.1, -0.05) is 12.1 Å². The summed E-state index contributed by atoms with van der Waals surface area (Å²) >= 11 is 0. The van der Waals surface area contributed by atoms with E-state index in [0.717, 1.165) is 12.1 Å². The first-order valence-electron chi connectivity index (χ1n) is 8.41. The van der Waals surface area contributed by atoms with Crippen LogP contribution < -0.4 is 5.32 Å². The Bertz CT molecular complexity index is 1130. The number of amides is 1. The van der Waals surface area contributed by atoms with Crippen molar-refractivity contribution in [3.8, 4) is 6.07 Å². The summed E-state index contributed by atoms with van der Waals surface area (Å²) in [4.78, 5) is 12.5. The third kappa shape index (κ3) is 4.07. The van der Waals surface area contributed by atoms with Gasteiger partial charge in [-0.05, 0) is 37.3 Å². The zero-order valence-corrected chi connectivity index (χ0v) is 15.1. The van der Waals surface area contributed by atoms with Crippen LogP contribution in [-0.4, -0.2) is 21.2 Å². The number of para-hydroxylation sites is 1.